The van der Waals surface area contributed by atoms with Gasteiger partial charge in [0.25, 0.3) is 0 Å². The molecule has 2 aromatic rings. The maximum atomic E-state index is 11.2. The van der Waals surface area contributed by atoms with Gasteiger partial charge in [0.15, 0.2) is 0 Å². The molecule has 3 atom stereocenters. The van der Waals surface area contributed by atoms with Gasteiger partial charge in [-0.3, -0.25) is 0 Å². The highest BCUT2D eigenvalue weighted by atomic mass is 16.1. The zero-order valence-electron chi connectivity index (χ0n) is 11.1. The fraction of sp³-hybridized carbons (Fsp3) is 0.438. The molecule has 1 unspecified atom stereocenters. The highest BCUT2D eigenvalue weighted by Crippen LogP contribution is 2.43. The van der Waals surface area contributed by atoms with E-state index in [9.17, 15) is 4.79 Å². The number of H-pyrrole nitrogens is 1. The van der Waals surface area contributed by atoms with E-state index in [4.69, 9.17) is 0 Å². The van der Waals surface area contributed by atoms with Crippen LogP contribution in [0.5, 0.6) is 0 Å². The number of piperidine rings is 1. The van der Waals surface area contributed by atoms with Gasteiger partial charge in [-0.2, -0.15) is 0 Å². The molecule has 19 heavy (non-hydrogen) atoms. The predicted octanol–water partition coefficient (Wildman–Crippen LogP) is 2.33. The predicted molar refractivity (Wildman–Crippen MR) is 75.3 cm³/mol. The fourth-order valence-corrected chi connectivity index (χ4v) is 4.08. The number of benzene rings is 1. The molecule has 98 valence electrons. The Hall–Kier alpha value is -1.61. The van der Waals surface area contributed by atoms with E-state index in [-0.39, 0.29) is 5.92 Å². The van der Waals surface area contributed by atoms with Crippen molar-refractivity contribution in [2.24, 2.45) is 5.92 Å². The van der Waals surface area contributed by atoms with E-state index >= 15 is 0 Å². The number of nitrogens with zero attached hydrogens (tertiary/aromatic N) is 1. The molecule has 2 heterocycles. The normalized spacial score (nSPS) is 30.3. The summed E-state index contributed by atoms with van der Waals surface area (Å²) in [6.07, 6.45) is 5.40. The largest absolute Gasteiger partial charge is 0.361 e. The van der Waals surface area contributed by atoms with E-state index in [1.807, 2.05) is 0 Å². The van der Waals surface area contributed by atoms with Gasteiger partial charge in [0.05, 0.1) is 0 Å². The van der Waals surface area contributed by atoms with Crippen LogP contribution in [-0.4, -0.2) is 35.8 Å². The first kappa shape index (κ1) is 11.2. The summed E-state index contributed by atoms with van der Waals surface area (Å²) in [4.78, 5) is 16.9. The lowest BCUT2D eigenvalue weighted by Crippen LogP contribution is -2.48. The van der Waals surface area contributed by atoms with Gasteiger partial charge in [-0.15, -0.1) is 0 Å². The van der Waals surface area contributed by atoms with Crippen LogP contribution in [0.25, 0.3) is 10.9 Å². The van der Waals surface area contributed by atoms with E-state index in [1.165, 1.54) is 22.0 Å². The summed E-state index contributed by atoms with van der Waals surface area (Å²) in [5.74, 6) is 0.683. The average molecular weight is 254 g/mol. The summed E-state index contributed by atoms with van der Waals surface area (Å²) in [5, 5.41) is 1.41. The number of nitrogens with one attached hydrogen (secondary N) is 1. The number of hydrogen-bond donors (Lipinski definition) is 1. The number of hydrogen-bond acceptors (Lipinski definition) is 2. The Morgan fingerprint density at radius 1 is 1.42 bits per heavy atom. The third-order valence-electron chi connectivity index (χ3n) is 4.95. The number of likely N-dealkylation sites (tertiary alicyclic amines) is 1. The molecule has 1 N–H and O–H groups in total. The first-order chi connectivity index (χ1) is 9.28. The Bertz CT molecular complexity index is 645. The maximum absolute atomic E-state index is 11.2. The third-order valence-corrected chi connectivity index (χ3v) is 4.95. The third kappa shape index (κ3) is 1.51. The number of rotatable bonds is 1. The Kier molecular flexibility index (Phi) is 2.33. The summed E-state index contributed by atoms with van der Waals surface area (Å²) in [7, 11) is 2.16. The Morgan fingerprint density at radius 3 is 3.16 bits per heavy atom. The van der Waals surface area contributed by atoms with E-state index in [1.54, 1.807) is 0 Å². The van der Waals surface area contributed by atoms with Crippen LogP contribution in [0.4, 0.5) is 0 Å². The van der Waals surface area contributed by atoms with Gasteiger partial charge in [0.2, 0.25) is 0 Å². The Morgan fingerprint density at radius 2 is 2.32 bits per heavy atom. The van der Waals surface area contributed by atoms with Crippen molar-refractivity contribution in [2.45, 2.75) is 24.8 Å². The quantitative estimate of drug-likeness (QED) is 0.793. The molecule has 1 aromatic carbocycles. The van der Waals surface area contributed by atoms with Gasteiger partial charge in [0, 0.05) is 41.5 Å². The number of fused-ring (bicyclic) bond motifs is 2. The van der Waals surface area contributed by atoms with Crippen molar-refractivity contribution in [3.63, 3.8) is 0 Å². The van der Waals surface area contributed by atoms with E-state index in [0.29, 0.717) is 12.0 Å². The zero-order valence-corrected chi connectivity index (χ0v) is 11.1. The molecule has 1 fully saturated rings. The minimum Gasteiger partial charge on any atom is -0.361 e. The van der Waals surface area contributed by atoms with Crippen molar-refractivity contribution in [2.75, 3.05) is 13.6 Å². The van der Waals surface area contributed by atoms with Crippen molar-refractivity contribution in [3.05, 3.63) is 35.5 Å². The van der Waals surface area contributed by atoms with Crippen LogP contribution >= 0.6 is 0 Å². The maximum Gasteiger partial charge on any atom is 0.124 e. The summed E-state index contributed by atoms with van der Waals surface area (Å²) in [5.41, 5.74) is 4.11. The van der Waals surface area contributed by atoms with E-state index in [0.717, 1.165) is 25.7 Å². The number of carbonyl (C=O) groups excluding carboxylic acids is 1. The number of aldehydes is 1. The average Bonchev–Trinajstić information content (AvgIpc) is 2.85. The second-order valence-corrected chi connectivity index (χ2v) is 6.03. The summed E-state index contributed by atoms with van der Waals surface area (Å²) >= 11 is 0. The van der Waals surface area contributed by atoms with Crippen LogP contribution in [0.1, 0.15) is 23.5 Å². The molecule has 1 aliphatic carbocycles. The molecule has 0 saturated carbocycles. The van der Waals surface area contributed by atoms with Crippen LogP contribution in [-0.2, 0) is 11.2 Å². The van der Waals surface area contributed by atoms with Crippen molar-refractivity contribution in [1.29, 1.82) is 0 Å². The van der Waals surface area contributed by atoms with Crippen LogP contribution in [0.3, 0.4) is 0 Å². The van der Waals surface area contributed by atoms with E-state index < -0.39 is 0 Å². The van der Waals surface area contributed by atoms with Gasteiger partial charge >= 0.3 is 0 Å². The fourth-order valence-electron chi connectivity index (χ4n) is 4.08. The summed E-state index contributed by atoms with van der Waals surface area (Å²) < 4.78 is 0. The topological polar surface area (TPSA) is 36.1 Å². The van der Waals surface area contributed by atoms with Gasteiger partial charge in [-0.25, -0.2) is 0 Å². The molecule has 4 rings (SSSR count). The molecule has 0 bridgehead atoms. The lowest BCUT2D eigenvalue weighted by molar-refractivity contribution is -0.113. The number of likely N-dealkylation sites (N-methyl/N-ethyl adjacent to an activating group) is 1. The molecule has 1 aliphatic heterocycles. The molecule has 0 spiro atoms. The SMILES string of the molecule is CN1CC(C=O)C[C@@H]2c3cccc4[nH]cc(c34)C[C@H]21. The van der Waals surface area contributed by atoms with Gasteiger partial charge in [-0.1, -0.05) is 12.1 Å². The molecule has 1 aromatic heterocycles. The highest BCUT2D eigenvalue weighted by molar-refractivity contribution is 5.88. The minimum atomic E-state index is 0.182. The molecular weight excluding hydrogens is 236 g/mol. The molecule has 0 radical (unpaired) electrons. The molecule has 0 amide bonds. The standard InChI is InChI=1S/C16H18N2O/c1-18-8-10(9-19)5-13-12-3-2-4-14-16(12)11(7-17-14)6-15(13)18/h2-4,7,9-10,13,15,17H,5-6,8H2,1H3/t10?,13-,15-/m1/s1. The van der Waals surface area contributed by atoms with Crippen LogP contribution in [0.15, 0.2) is 24.4 Å². The smallest absolute Gasteiger partial charge is 0.124 e. The molecule has 2 aliphatic rings. The number of carbonyl (C=O) groups is 1. The Balaban J connectivity index is 1.88. The highest BCUT2D eigenvalue weighted by Gasteiger charge is 2.39. The van der Waals surface area contributed by atoms with Gasteiger partial charge in [-0.05, 0) is 37.1 Å². The first-order valence-corrected chi connectivity index (χ1v) is 7.02. The zero-order chi connectivity index (χ0) is 13.0. The lowest BCUT2D eigenvalue weighted by Gasteiger charge is -2.44. The van der Waals surface area contributed by atoms with Gasteiger partial charge < -0.3 is 14.7 Å². The van der Waals surface area contributed by atoms with Crippen LogP contribution in [0.2, 0.25) is 0 Å². The van der Waals surface area contributed by atoms with Crippen molar-refractivity contribution >= 4 is 17.2 Å². The summed E-state index contributed by atoms with van der Waals surface area (Å²) in [6.45, 7) is 0.903. The Labute approximate surface area is 112 Å². The minimum absolute atomic E-state index is 0.182. The second kappa shape index (κ2) is 3.94. The monoisotopic (exact) mass is 254 g/mol. The number of aromatic amines is 1. The summed E-state index contributed by atoms with van der Waals surface area (Å²) in [6, 6.07) is 7.07. The molecule has 3 nitrogen and oxygen atoms in total. The molecular formula is C16H18N2O. The lowest BCUT2D eigenvalue weighted by atomic mass is 9.73. The first-order valence-electron chi connectivity index (χ1n) is 7.02. The molecule has 1 saturated heterocycles. The number of aromatic nitrogens is 1. The van der Waals surface area contributed by atoms with E-state index in [2.05, 4.69) is 41.3 Å². The van der Waals surface area contributed by atoms with Crippen LogP contribution in [0, 0.1) is 5.92 Å². The second-order valence-electron chi connectivity index (χ2n) is 6.03. The van der Waals surface area contributed by atoms with Crippen molar-refractivity contribution in [1.82, 2.24) is 9.88 Å². The van der Waals surface area contributed by atoms with Crippen LogP contribution < -0.4 is 0 Å². The van der Waals surface area contributed by atoms with Crippen molar-refractivity contribution in [3.8, 4) is 0 Å². The van der Waals surface area contributed by atoms with Crippen molar-refractivity contribution < 1.29 is 4.79 Å². The molecule has 3 heteroatoms. The van der Waals surface area contributed by atoms with Gasteiger partial charge in [0.1, 0.15) is 6.29 Å².